The molecule has 0 aliphatic heterocycles. The second-order valence-electron chi connectivity index (χ2n) is 6.59. The molecule has 0 fully saturated rings. The largest absolute Gasteiger partial charge is 0.495 e. The SMILES string of the molecule is COc1ccc(Cl)cc1NC(=O)CN(C)Cc1cc(=O)n2cc(C)ccc2n1. The molecule has 3 rings (SSSR count). The number of benzene rings is 1. The Labute approximate surface area is 167 Å². The Morgan fingerprint density at radius 2 is 2.07 bits per heavy atom. The minimum atomic E-state index is -0.226. The summed E-state index contributed by atoms with van der Waals surface area (Å²) in [5.74, 6) is 0.302. The molecule has 0 radical (unpaired) electrons. The van der Waals surface area contributed by atoms with Gasteiger partial charge in [-0.2, -0.15) is 0 Å². The quantitative estimate of drug-likeness (QED) is 0.688. The first-order chi connectivity index (χ1) is 13.4. The molecule has 1 N–H and O–H groups in total. The Hall–Kier alpha value is -2.90. The molecule has 2 heterocycles. The molecule has 146 valence electrons. The highest BCUT2D eigenvalue weighted by molar-refractivity contribution is 6.31. The lowest BCUT2D eigenvalue weighted by molar-refractivity contribution is -0.117. The molecule has 0 bridgehead atoms. The van der Waals surface area contributed by atoms with Crippen LogP contribution in [0.15, 0.2) is 47.4 Å². The van der Waals surface area contributed by atoms with Crippen LogP contribution < -0.4 is 15.6 Å². The van der Waals surface area contributed by atoms with Gasteiger partial charge in [0.25, 0.3) is 5.56 Å². The van der Waals surface area contributed by atoms with Crippen LogP contribution in [0.1, 0.15) is 11.3 Å². The Morgan fingerprint density at radius 3 is 2.82 bits per heavy atom. The highest BCUT2D eigenvalue weighted by Gasteiger charge is 2.12. The van der Waals surface area contributed by atoms with E-state index in [1.807, 2.05) is 13.0 Å². The van der Waals surface area contributed by atoms with Crippen LogP contribution in [0.3, 0.4) is 0 Å². The predicted molar refractivity (Wildman–Crippen MR) is 109 cm³/mol. The zero-order valence-corrected chi connectivity index (χ0v) is 16.7. The maximum absolute atomic E-state index is 12.4. The van der Waals surface area contributed by atoms with E-state index in [1.165, 1.54) is 17.6 Å². The lowest BCUT2D eigenvalue weighted by Crippen LogP contribution is -2.31. The van der Waals surface area contributed by atoms with E-state index in [0.29, 0.717) is 34.3 Å². The fourth-order valence-corrected chi connectivity index (χ4v) is 3.06. The summed E-state index contributed by atoms with van der Waals surface area (Å²) >= 11 is 5.99. The molecular formula is C20H21ClN4O3. The van der Waals surface area contributed by atoms with Gasteiger partial charge in [0.2, 0.25) is 5.91 Å². The van der Waals surface area contributed by atoms with Crippen molar-refractivity contribution in [3.63, 3.8) is 0 Å². The molecule has 0 aliphatic rings. The zero-order chi connectivity index (χ0) is 20.3. The molecule has 0 unspecified atom stereocenters. The van der Waals surface area contributed by atoms with Crippen molar-refractivity contribution in [2.75, 3.05) is 26.0 Å². The van der Waals surface area contributed by atoms with Crippen LogP contribution >= 0.6 is 11.6 Å². The van der Waals surface area contributed by atoms with Gasteiger partial charge in [0.1, 0.15) is 11.4 Å². The Balaban J connectivity index is 1.68. The molecule has 0 aliphatic carbocycles. The van der Waals surface area contributed by atoms with Gasteiger partial charge in [0.05, 0.1) is 25.0 Å². The summed E-state index contributed by atoms with van der Waals surface area (Å²) in [7, 11) is 3.31. The van der Waals surface area contributed by atoms with Gasteiger partial charge >= 0.3 is 0 Å². The molecule has 8 heteroatoms. The number of likely N-dealkylation sites (N-methyl/N-ethyl adjacent to an activating group) is 1. The maximum atomic E-state index is 12.4. The fraction of sp³-hybridized carbons (Fsp3) is 0.250. The first-order valence-electron chi connectivity index (χ1n) is 8.66. The summed E-state index contributed by atoms with van der Waals surface area (Å²) < 4.78 is 6.74. The van der Waals surface area contributed by atoms with Crippen molar-refractivity contribution in [3.05, 3.63) is 69.2 Å². The third kappa shape index (κ3) is 4.68. The van der Waals surface area contributed by atoms with Crippen molar-refractivity contribution in [1.29, 1.82) is 0 Å². The second-order valence-corrected chi connectivity index (χ2v) is 7.02. The first kappa shape index (κ1) is 19.9. The smallest absolute Gasteiger partial charge is 0.258 e. The van der Waals surface area contributed by atoms with Crippen molar-refractivity contribution in [2.24, 2.45) is 0 Å². The average molecular weight is 401 g/mol. The van der Waals surface area contributed by atoms with Gasteiger partial charge in [0.15, 0.2) is 0 Å². The third-order valence-corrected chi connectivity index (χ3v) is 4.38. The summed E-state index contributed by atoms with van der Waals surface area (Å²) in [5, 5.41) is 3.29. The number of anilines is 1. The predicted octanol–water partition coefficient (Wildman–Crippen LogP) is 2.74. The summed E-state index contributed by atoms with van der Waals surface area (Å²) in [6.45, 7) is 2.39. The van der Waals surface area contributed by atoms with E-state index in [0.717, 1.165) is 5.56 Å². The van der Waals surface area contributed by atoms with Crippen molar-refractivity contribution in [1.82, 2.24) is 14.3 Å². The van der Waals surface area contributed by atoms with E-state index in [2.05, 4.69) is 10.3 Å². The number of aromatic nitrogens is 2. The van der Waals surface area contributed by atoms with Crippen molar-refractivity contribution < 1.29 is 9.53 Å². The minimum absolute atomic E-state index is 0.116. The van der Waals surface area contributed by atoms with Crippen LogP contribution in [0.4, 0.5) is 5.69 Å². The number of carbonyl (C=O) groups is 1. The van der Waals surface area contributed by atoms with E-state index >= 15 is 0 Å². The zero-order valence-electron chi connectivity index (χ0n) is 15.9. The van der Waals surface area contributed by atoms with E-state index in [9.17, 15) is 9.59 Å². The van der Waals surface area contributed by atoms with Gasteiger partial charge < -0.3 is 10.1 Å². The van der Waals surface area contributed by atoms with Crippen LogP contribution in [-0.2, 0) is 11.3 Å². The van der Waals surface area contributed by atoms with Gasteiger partial charge in [-0.3, -0.25) is 18.9 Å². The normalized spacial score (nSPS) is 11.0. The topological polar surface area (TPSA) is 75.9 Å². The van der Waals surface area contributed by atoms with E-state index in [4.69, 9.17) is 16.3 Å². The molecule has 0 saturated carbocycles. The summed E-state index contributed by atoms with van der Waals surface area (Å²) in [5.41, 5.74) is 2.52. The lowest BCUT2D eigenvalue weighted by atomic mass is 10.3. The molecule has 1 aromatic carbocycles. The van der Waals surface area contributed by atoms with Crippen molar-refractivity contribution in [3.8, 4) is 5.75 Å². The minimum Gasteiger partial charge on any atom is -0.495 e. The van der Waals surface area contributed by atoms with E-state index in [1.54, 1.807) is 42.4 Å². The number of nitrogens with zero attached hydrogens (tertiary/aromatic N) is 3. The van der Waals surface area contributed by atoms with Gasteiger partial charge in [-0.05, 0) is 43.8 Å². The van der Waals surface area contributed by atoms with E-state index < -0.39 is 0 Å². The lowest BCUT2D eigenvalue weighted by Gasteiger charge is -2.17. The number of nitrogens with one attached hydrogen (secondary N) is 1. The number of aryl methyl sites for hydroxylation is 1. The van der Waals surface area contributed by atoms with Gasteiger partial charge in [-0.15, -0.1) is 0 Å². The molecule has 0 atom stereocenters. The molecule has 28 heavy (non-hydrogen) atoms. The van der Waals surface area contributed by atoms with Crippen LogP contribution in [0.25, 0.3) is 5.65 Å². The van der Waals surface area contributed by atoms with Gasteiger partial charge in [-0.1, -0.05) is 17.7 Å². The maximum Gasteiger partial charge on any atom is 0.258 e. The molecule has 0 spiro atoms. The molecule has 2 aromatic heterocycles. The fourth-order valence-electron chi connectivity index (χ4n) is 2.88. The number of hydrogen-bond donors (Lipinski definition) is 1. The summed E-state index contributed by atoms with van der Waals surface area (Å²) in [4.78, 5) is 30.9. The number of amides is 1. The standard InChI is InChI=1S/C20H21ClN4O3/c1-13-4-7-18-22-15(9-20(27)25(18)10-13)11-24(2)12-19(26)23-16-8-14(21)5-6-17(16)28-3/h4-10H,11-12H2,1-3H3,(H,23,26). The summed E-state index contributed by atoms with van der Waals surface area (Å²) in [6, 6.07) is 10.2. The third-order valence-electron chi connectivity index (χ3n) is 4.14. The van der Waals surface area contributed by atoms with Crippen LogP contribution in [-0.4, -0.2) is 40.9 Å². The number of fused-ring (bicyclic) bond motifs is 1. The second kappa shape index (κ2) is 8.41. The summed E-state index contributed by atoms with van der Waals surface area (Å²) in [6.07, 6.45) is 1.75. The Kier molecular flexibility index (Phi) is 5.96. The number of rotatable bonds is 6. The van der Waals surface area contributed by atoms with Crippen LogP contribution in [0.5, 0.6) is 5.75 Å². The average Bonchev–Trinajstić information content (AvgIpc) is 2.62. The van der Waals surface area contributed by atoms with E-state index in [-0.39, 0.29) is 18.0 Å². The molecule has 1 amide bonds. The Bertz CT molecular complexity index is 1080. The van der Waals surface area contributed by atoms with Gasteiger partial charge in [-0.25, -0.2) is 4.98 Å². The van der Waals surface area contributed by atoms with Crippen molar-refractivity contribution >= 4 is 28.8 Å². The number of pyridine rings is 1. The number of halogens is 1. The molecule has 3 aromatic rings. The monoisotopic (exact) mass is 400 g/mol. The number of ether oxygens (including phenoxy) is 1. The van der Waals surface area contributed by atoms with Crippen molar-refractivity contribution in [2.45, 2.75) is 13.5 Å². The Morgan fingerprint density at radius 1 is 1.29 bits per heavy atom. The highest BCUT2D eigenvalue weighted by Crippen LogP contribution is 2.27. The van der Waals surface area contributed by atoms with Gasteiger partial charge in [0, 0.05) is 23.8 Å². The van der Waals surface area contributed by atoms with Crippen LogP contribution in [0, 0.1) is 6.92 Å². The molecular weight excluding hydrogens is 380 g/mol. The molecule has 7 nitrogen and oxygen atoms in total. The molecule has 0 saturated heterocycles. The van der Waals surface area contributed by atoms with Crippen LogP contribution in [0.2, 0.25) is 5.02 Å². The highest BCUT2D eigenvalue weighted by atomic mass is 35.5. The number of hydrogen-bond acceptors (Lipinski definition) is 5. The first-order valence-corrected chi connectivity index (χ1v) is 9.04. The number of carbonyl (C=O) groups excluding carboxylic acids is 1. The number of methoxy groups -OCH3 is 1.